The number of fused-ring (bicyclic) bond motifs is 3. The summed E-state index contributed by atoms with van der Waals surface area (Å²) in [5, 5.41) is 4.56. The lowest BCUT2D eigenvalue weighted by atomic mass is 10.2. The molecule has 27 heavy (non-hydrogen) atoms. The Morgan fingerprint density at radius 2 is 1.96 bits per heavy atom. The predicted octanol–water partition coefficient (Wildman–Crippen LogP) is 2.14. The second-order valence-electron chi connectivity index (χ2n) is 6.01. The van der Waals surface area contributed by atoms with Crippen molar-refractivity contribution in [3.63, 3.8) is 0 Å². The van der Waals surface area contributed by atoms with Crippen molar-refractivity contribution in [2.45, 2.75) is 6.92 Å². The summed E-state index contributed by atoms with van der Waals surface area (Å²) in [7, 11) is 2.85. The number of nitrogens with zero attached hydrogens (tertiary/aromatic N) is 4. The van der Waals surface area contributed by atoms with Crippen LogP contribution in [0.25, 0.3) is 22.2 Å². The van der Waals surface area contributed by atoms with Gasteiger partial charge in [0.15, 0.2) is 5.65 Å². The van der Waals surface area contributed by atoms with Gasteiger partial charge >= 0.3 is 5.97 Å². The predicted molar refractivity (Wildman–Crippen MR) is 98.7 cm³/mol. The number of carbonyl (C=O) groups excluding carboxylic acids is 1. The first-order valence-corrected chi connectivity index (χ1v) is 8.16. The van der Waals surface area contributed by atoms with E-state index in [0.29, 0.717) is 28.0 Å². The van der Waals surface area contributed by atoms with Crippen LogP contribution in [0.1, 0.15) is 15.9 Å². The number of hydrogen-bond acceptors (Lipinski definition) is 6. The number of aryl methyl sites for hydroxylation is 1. The lowest BCUT2D eigenvalue weighted by Gasteiger charge is -2.12. The van der Waals surface area contributed by atoms with E-state index in [1.807, 2.05) is 25.1 Å². The summed E-state index contributed by atoms with van der Waals surface area (Å²) in [4.78, 5) is 29.2. The third-order valence-electron chi connectivity index (χ3n) is 4.39. The Bertz CT molecular complexity index is 1260. The monoisotopic (exact) mass is 364 g/mol. The van der Waals surface area contributed by atoms with E-state index in [4.69, 9.17) is 9.47 Å². The van der Waals surface area contributed by atoms with Gasteiger partial charge in [0.1, 0.15) is 11.3 Å². The summed E-state index contributed by atoms with van der Waals surface area (Å²) in [6, 6.07) is 7.36. The number of methoxy groups -OCH3 is 2. The Balaban J connectivity index is 1.99. The smallest absolute Gasteiger partial charge is 0.343 e. The Morgan fingerprint density at radius 1 is 1.15 bits per heavy atom. The molecule has 0 bridgehead atoms. The first-order chi connectivity index (χ1) is 13.0. The molecule has 0 N–H and O–H groups in total. The molecule has 4 aromatic rings. The van der Waals surface area contributed by atoms with Crippen LogP contribution >= 0.6 is 0 Å². The number of hydrogen-bond donors (Lipinski definition) is 0. The second-order valence-corrected chi connectivity index (χ2v) is 6.01. The molecule has 0 fully saturated rings. The average Bonchev–Trinajstić information content (AvgIpc) is 3.12. The number of ether oxygens (including phenoxy) is 2. The first-order valence-electron chi connectivity index (χ1n) is 8.16. The Morgan fingerprint density at radius 3 is 2.70 bits per heavy atom. The van der Waals surface area contributed by atoms with Gasteiger partial charge in [0.05, 0.1) is 37.0 Å². The normalized spacial score (nSPS) is 11.1. The molecule has 0 unspecified atom stereocenters. The van der Waals surface area contributed by atoms with Crippen molar-refractivity contribution in [1.29, 1.82) is 0 Å². The van der Waals surface area contributed by atoms with Crippen LogP contribution in [-0.2, 0) is 4.74 Å². The maximum absolute atomic E-state index is 13.1. The van der Waals surface area contributed by atoms with Gasteiger partial charge in [0.25, 0.3) is 5.56 Å². The molecule has 3 aromatic heterocycles. The molecule has 0 saturated carbocycles. The number of pyridine rings is 1. The molecular weight excluding hydrogens is 348 g/mol. The third-order valence-corrected chi connectivity index (χ3v) is 4.39. The minimum Gasteiger partial charge on any atom is -0.495 e. The molecule has 8 nitrogen and oxygen atoms in total. The van der Waals surface area contributed by atoms with Crippen LogP contribution in [0.2, 0.25) is 0 Å². The van der Waals surface area contributed by atoms with E-state index in [2.05, 4.69) is 10.1 Å². The van der Waals surface area contributed by atoms with Crippen molar-refractivity contribution in [3.05, 3.63) is 64.3 Å². The molecule has 8 heteroatoms. The lowest BCUT2D eigenvalue weighted by Crippen LogP contribution is -2.19. The van der Waals surface area contributed by atoms with Crippen LogP contribution in [0.5, 0.6) is 5.75 Å². The van der Waals surface area contributed by atoms with Gasteiger partial charge < -0.3 is 9.47 Å². The van der Waals surface area contributed by atoms with Crippen LogP contribution < -0.4 is 10.3 Å². The molecule has 136 valence electrons. The topological polar surface area (TPSA) is 87.7 Å². The highest BCUT2D eigenvalue weighted by atomic mass is 16.5. The van der Waals surface area contributed by atoms with Gasteiger partial charge in [-0.2, -0.15) is 5.10 Å². The summed E-state index contributed by atoms with van der Waals surface area (Å²) >= 11 is 0. The van der Waals surface area contributed by atoms with Crippen molar-refractivity contribution in [1.82, 2.24) is 19.2 Å². The van der Waals surface area contributed by atoms with Crippen molar-refractivity contribution in [2.75, 3.05) is 14.2 Å². The quantitative estimate of drug-likeness (QED) is 0.518. The van der Waals surface area contributed by atoms with Gasteiger partial charge in [-0.25, -0.2) is 14.3 Å². The zero-order chi connectivity index (χ0) is 19.1. The van der Waals surface area contributed by atoms with Crippen molar-refractivity contribution < 1.29 is 14.3 Å². The lowest BCUT2D eigenvalue weighted by molar-refractivity contribution is 0.0602. The second kappa shape index (κ2) is 6.24. The fraction of sp³-hybridized carbons (Fsp3) is 0.158. The van der Waals surface area contributed by atoms with Gasteiger partial charge in [0.2, 0.25) is 0 Å². The molecule has 0 aliphatic carbocycles. The van der Waals surface area contributed by atoms with E-state index in [1.54, 1.807) is 19.4 Å². The summed E-state index contributed by atoms with van der Waals surface area (Å²) in [6.07, 6.45) is 4.48. The van der Waals surface area contributed by atoms with Crippen molar-refractivity contribution in [2.24, 2.45) is 0 Å². The van der Waals surface area contributed by atoms with E-state index in [-0.39, 0.29) is 11.1 Å². The maximum Gasteiger partial charge on any atom is 0.343 e. The summed E-state index contributed by atoms with van der Waals surface area (Å²) in [6.45, 7) is 1.94. The van der Waals surface area contributed by atoms with Gasteiger partial charge in [-0.3, -0.25) is 9.36 Å². The molecule has 0 aliphatic heterocycles. The number of aromatic nitrogens is 4. The highest BCUT2D eigenvalue weighted by Crippen LogP contribution is 2.24. The van der Waals surface area contributed by atoms with Crippen molar-refractivity contribution in [3.8, 4) is 11.4 Å². The van der Waals surface area contributed by atoms with Crippen LogP contribution in [0, 0.1) is 6.92 Å². The number of carbonyl (C=O) groups is 1. The minimum absolute atomic E-state index is 0.240. The standard InChI is InChI=1S/C19H16N4O4/c1-11-4-5-16(26-2)15(8-11)22-7-6-14-12(18(22)24)9-20-17-13(19(25)27-3)10-21-23(14)17/h4-10H,1-3H3. The Hall–Kier alpha value is -3.68. The van der Waals surface area contributed by atoms with E-state index < -0.39 is 5.97 Å². The van der Waals surface area contributed by atoms with Gasteiger partial charge in [0, 0.05) is 12.4 Å². The highest BCUT2D eigenvalue weighted by Gasteiger charge is 2.17. The maximum atomic E-state index is 13.1. The van der Waals surface area contributed by atoms with Crippen LogP contribution in [0.4, 0.5) is 0 Å². The van der Waals surface area contributed by atoms with Gasteiger partial charge in [-0.15, -0.1) is 0 Å². The molecule has 0 atom stereocenters. The van der Waals surface area contributed by atoms with Gasteiger partial charge in [-0.05, 0) is 30.7 Å². The molecular formula is C19H16N4O4. The number of esters is 1. The average molecular weight is 364 g/mol. The first kappa shape index (κ1) is 16.8. The third kappa shape index (κ3) is 2.53. The van der Waals surface area contributed by atoms with Gasteiger partial charge in [-0.1, -0.05) is 6.07 Å². The van der Waals surface area contributed by atoms with Crippen LogP contribution in [-0.4, -0.2) is 39.4 Å². The van der Waals surface area contributed by atoms with Crippen LogP contribution in [0.3, 0.4) is 0 Å². The zero-order valence-electron chi connectivity index (χ0n) is 15.0. The summed E-state index contributed by atoms with van der Waals surface area (Å²) < 4.78 is 13.1. The molecule has 0 spiro atoms. The van der Waals surface area contributed by atoms with E-state index >= 15 is 0 Å². The zero-order valence-corrected chi connectivity index (χ0v) is 15.0. The molecule has 0 amide bonds. The minimum atomic E-state index is -0.533. The van der Waals surface area contributed by atoms with E-state index in [9.17, 15) is 9.59 Å². The molecule has 0 saturated heterocycles. The summed E-state index contributed by atoms with van der Waals surface area (Å²) in [5.74, 6) is 0.0536. The summed E-state index contributed by atoms with van der Waals surface area (Å²) in [5.41, 5.74) is 2.49. The SMILES string of the molecule is COC(=O)c1cnn2c1ncc1c(=O)n(-c3cc(C)ccc3OC)ccc12. The molecule has 3 heterocycles. The largest absolute Gasteiger partial charge is 0.495 e. The van der Waals surface area contributed by atoms with Crippen LogP contribution in [0.15, 0.2) is 47.7 Å². The molecule has 0 radical (unpaired) electrons. The fourth-order valence-corrected chi connectivity index (χ4v) is 3.05. The van der Waals surface area contributed by atoms with Crippen molar-refractivity contribution >= 4 is 22.5 Å². The molecule has 1 aromatic carbocycles. The fourth-order valence-electron chi connectivity index (χ4n) is 3.05. The molecule has 0 aliphatic rings. The Labute approximate surface area is 153 Å². The number of rotatable bonds is 3. The highest BCUT2D eigenvalue weighted by molar-refractivity contribution is 5.96. The molecule has 4 rings (SSSR count). The van der Waals surface area contributed by atoms with E-state index in [0.717, 1.165) is 5.56 Å². The number of benzene rings is 1. The van der Waals surface area contributed by atoms with E-state index in [1.165, 1.54) is 28.6 Å². The Kier molecular flexibility index (Phi) is 3.88.